The van der Waals surface area contributed by atoms with E-state index >= 15 is 0 Å². The fraction of sp³-hybridized carbons (Fsp3) is 0.267. The number of hydrogen-bond donors (Lipinski definition) is 1. The molecule has 0 radical (unpaired) electrons. The number of alkyl halides is 2. The molecule has 0 aliphatic heterocycles. The Balaban J connectivity index is 1.88. The Morgan fingerprint density at radius 3 is 2.10 bits per heavy atom. The summed E-state index contributed by atoms with van der Waals surface area (Å²) in [6.45, 7) is 0. The Morgan fingerprint density at radius 2 is 1.62 bits per heavy atom. The first-order valence-corrected chi connectivity index (χ1v) is 6.42. The highest BCUT2D eigenvalue weighted by Crippen LogP contribution is 2.53. The molecule has 0 saturated heterocycles. The van der Waals surface area contributed by atoms with E-state index in [2.05, 4.69) is 9.97 Å². The molecule has 1 fully saturated rings. The van der Waals surface area contributed by atoms with Gasteiger partial charge in [-0.15, -0.1) is 0 Å². The van der Waals surface area contributed by atoms with Gasteiger partial charge in [-0.05, 0) is 11.1 Å². The van der Waals surface area contributed by atoms with Gasteiger partial charge in [0, 0.05) is 30.8 Å². The van der Waals surface area contributed by atoms with Crippen LogP contribution >= 0.6 is 0 Å². The predicted molar refractivity (Wildman–Crippen MR) is 73.4 cm³/mol. The van der Waals surface area contributed by atoms with Crippen LogP contribution in [0.15, 0.2) is 36.7 Å². The highest BCUT2D eigenvalue weighted by atomic mass is 19.3. The van der Waals surface area contributed by atoms with E-state index in [-0.39, 0.29) is 5.95 Å². The van der Waals surface area contributed by atoms with Crippen LogP contribution in [-0.2, 0) is 5.41 Å². The average molecular weight is 286 g/mol. The number of halogens is 2. The molecule has 6 heteroatoms. The predicted octanol–water partition coefficient (Wildman–Crippen LogP) is 2.92. The van der Waals surface area contributed by atoms with Crippen LogP contribution in [0.1, 0.15) is 18.4 Å². The van der Waals surface area contributed by atoms with E-state index < -0.39 is 24.2 Å². The molecule has 0 unspecified atom stereocenters. The summed E-state index contributed by atoms with van der Waals surface area (Å²) >= 11 is 0. The molecule has 0 bridgehead atoms. The van der Waals surface area contributed by atoms with Crippen molar-refractivity contribution in [1.29, 1.82) is 5.26 Å². The van der Waals surface area contributed by atoms with Gasteiger partial charge in [-0.1, -0.05) is 24.3 Å². The summed E-state index contributed by atoms with van der Waals surface area (Å²) in [6, 6.07) is 9.01. The first kappa shape index (κ1) is 13.4. The van der Waals surface area contributed by atoms with E-state index in [0.717, 1.165) is 11.1 Å². The molecule has 3 rings (SSSR count). The molecule has 1 heterocycles. The number of nitrogens with two attached hydrogens (primary N) is 1. The van der Waals surface area contributed by atoms with Crippen LogP contribution in [0.4, 0.5) is 14.7 Å². The Hall–Kier alpha value is -2.55. The molecule has 1 aliphatic rings. The molecule has 1 aromatic heterocycles. The van der Waals surface area contributed by atoms with Gasteiger partial charge in [0.05, 0.1) is 11.5 Å². The second-order valence-electron chi connectivity index (χ2n) is 5.31. The summed E-state index contributed by atoms with van der Waals surface area (Å²) < 4.78 is 26.2. The first-order chi connectivity index (χ1) is 9.94. The number of nitrogen functional groups attached to an aromatic ring is 1. The van der Waals surface area contributed by atoms with Crippen LogP contribution in [0.3, 0.4) is 0 Å². The smallest absolute Gasteiger partial charge is 0.251 e. The van der Waals surface area contributed by atoms with Gasteiger partial charge in [0.1, 0.15) is 0 Å². The third kappa shape index (κ3) is 2.31. The molecule has 0 amide bonds. The van der Waals surface area contributed by atoms with Crippen molar-refractivity contribution in [3.63, 3.8) is 0 Å². The minimum absolute atomic E-state index is 0.190. The summed E-state index contributed by atoms with van der Waals surface area (Å²) in [5.74, 6) is -2.55. The average Bonchev–Trinajstić information content (AvgIpc) is 2.45. The summed E-state index contributed by atoms with van der Waals surface area (Å²) in [4.78, 5) is 7.81. The van der Waals surface area contributed by atoms with Crippen LogP contribution in [-0.4, -0.2) is 15.9 Å². The zero-order valence-corrected chi connectivity index (χ0v) is 11.1. The fourth-order valence-corrected chi connectivity index (χ4v) is 2.65. The number of aromatic nitrogens is 2. The molecule has 106 valence electrons. The van der Waals surface area contributed by atoms with Gasteiger partial charge in [-0.3, -0.25) is 0 Å². The molecular formula is C15H12F2N4. The van der Waals surface area contributed by atoms with Gasteiger partial charge in [-0.25, -0.2) is 18.7 Å². The molecule has 2 N–H and O–H groups in total. The summed E-state index contributed by atoms with van der Waals surface area (Å²) in [5, 5.41) is 9.22. The third-order valence-electron chi connectivity index (χ3n) is 3.78. The topological polar surface area (TPSA) is 75.6 Å². The van der Waals surface area contributed by atoms with Gasteiger partial charge in [-0.2, -0.15) is 5.26 Å². The molecule has 1 aromatic carbocycles. The van der Waals surface area contributed by atoms with Crippen molar-refractivity contribution in [2.45, 2.75) is 24.2 Å². The second kappa shape index (κ2) is 4.48. The van der Waals surface area contributed by atoms with E-state index in [0.29, 0.717) is 5.56 Å². The summed E-state index contributed by atoms with van der Waals surface area (Å²) in [6.07, 6.45) is 2.35. The van der Waals surface area contributed by atoms with Crippen molar-refractivity contribution < 1.29 is 8.78 Å². The molecule has 21 heavy (non-hydrogen) atoms. The van der Waals surface area contributed by atoms with Crippen molar-refractivity contribution in [2.75, 3.05) is 5.73 Å². The van der Waals surface area contributed by atoms with Crippen LogP contribution in [0.5, 0.6) is 0 Å². The van der Waals surface area contributed by atoms with Crippen molar-refractivity contribution in [2.24, 2.45) is 0 Å². The van der Waals surface area contributed by atoms with Crippen LogP contribution in [0.2, 0.25) is 0 Å². The Morgan fingerprint density at radius 1 is 1.05 bits per heavy atom. The van der Waals surface area contributed by atoms with Gasteiger partial charge in [0.25, 0.3) is 5.92 Å². The van der Waals surface area contributed by atoms with Crippen molar-refractivity contribution in [3.8, 4) is 17.2 Å². The Bertz CT molecular complexity index is 694. The SMILES string of the molecule is N#CC1(c2ccc(-c3cnc(N)nc3)cc2)CC(F)(F)C1. The maximum atomic E-state index is 13.1. The lowest BCUT2D eigenvalue weighted by Crippen LogP contribution is -2.48. The molecule has 2 aromatic rings. The van der Waals surface area contributed by atoms with Crippen LogP contribution in [0, 0.1) is 11.3 Å². The lowest BCUT2D eigenvalue weighted by Gasteiger charge is -2.42. The lowest BCUT2D eigenvalue weighted by molar-refractivity contribution is -0.109. The molecule has 0 spiro atoms. The van der Waals surface area contributed by atoms with Gasteiger partial charge < -0.3 is 5.73 Å². The van der Waals surface area contributed by atoms with Crippen molar-refractivity contribution in [3.05, 3.63) is 42.2 Å². The number of nitrogens with zero attached hydrogens (tertiary/aromatic N) is 3. The van der Waals surface area contributed by atoms with Gasteiger partial charge in [0.15, 0.2) is 0 Å². The van der Waals surface area contributed by atoms with E-state index in [9.17, 15) is 14.0 Å². The second-order valence-corrected chi connectivity index (χ2v) is 5.31. The van der Waals surface area contributed by atoms with Gasteiger partial charge in [0.2, 0.25) is 5.95 Å². The minimum Gasteiger partial charge on any atom is -0.368 e. The Kier molecular flexibility index (Phi) is 2.87. The first-order valence-electron chi connectivity index (χ1n) is 6.42. The zero-order valence-electron chi connectivity index (χ0n) is 11.1. The van der Waals surface area contributed by atoms with Crippen LogP contribution in [0.25, 0.3) is 11.1 Å². The minimum atomic E-state index is -2.74. The summed E-state index contributed by atoms with van der Waals surface area (Å²) in [5.41, 5.74) is 6.60. The number of nitriles is 1. The monoisotopic (exact) mass is 286 g/mol. The fourth-order valence-electron chi connectivity index (χ4n) is 2.65. The van der Waals surface area contributed by atoms with Crippen molar-refractivity contribution >= 4 is 5.95 Å². The highest BCUT2D eigenvalue weighted by Gasteiger charge is 2.57. The standard InChI is InChI=1S/C15H12F2N4/c16-15(17)7-14(8-15,9-18)12-3-1-10(2-4-12)11-5-20-13(19)21-6-11/h1-6H,7-8H2,(H2,19,20,21). The molecule has 1 saturated carbocycles. The van der Waals surface area contributed by atoms with E-state index in [4.69, 9.17) is 5.73 Å². The van der Waals surface area contributed by atoms with E-state index in [1.54, 1.807) is 36.7 Å². The molecule has 0 atom stereocenters. The summed E-state index contributed by atoms with van der Waals surface area (Å²) in [7, 11) is 0. The highest BCUT2D eigenvalue weighted by molar-refractivity contribution is 5.62. The maximum Gasteiger partial charge on any atom is 0.251 e. The van der Waals surface area contributed by atoms with E-state index in [1.807, 2.05) is 6.07 Å². The zero-order chi connectivity index (χ0) is 15.1. The number of hydrogen-bond acceptors (Lipinski definition) is 4. The Labute approximate surface area is 120 Å². The van der Waals surface area contributed by atoms with Gasteiger partial charge >= 0.3 is 0 Å². The molecule has 4 nitrogen and oxygen atoms in total. The largest absolute Gasteiger partial charge is 0.368 e. The third-order valence-corrected chi connectivity index (χ3v) is 3.78. The molecule has 1 aliphatic carbocycles. The van der Waals surface area contributed by atoms with E-state index in [1.165, 1.54) is 0 Å². The number of rotatable bonds is 2. The van der Waals surface area contributed by atoms with Crippen molar-refractivity contribution in [1.82, 2.24) is 9.97 Å². The number of benzene rings is 1. The number of anilines is 1. The lowest BCUT2D eigenvalue weighted by atomic mass is 9.63. The molecular weight excluding hydrogens is 274 g/mol. The maximum absolute atomic E-state index is 13.1. The quantitative estimate of drug-likeness (QED) is 0.921. The van der Waals surface area contributed by atoms with Crippen LogP contribution < -0.4 is 5.73 Å². The normalized spacial score (nSPS) is 18.5.